The first-order chi connectivity index (χ1) is 9.94. The zero-order chi connectivity index (χ0) is 16.0. The maximum atomic E-state index is 11.4. The fraction of sp³-hybridized carbons (Fsp3) is 0.625. The molecule has 0 aliphatic heterocycles. The van der Waals surface area contributed by atoms with Crippen molar-refractivity contribution in [2.75, 3.05) is 11.4 Å². The van der Waals surface area contributed by atoms with Crippen LogP contribution >= 0.6 is 0 Å². The van der Waals surface area contributed by atoms with E-state index in [1.54, 1.807) is 12.1 Å². The minimum absolute atomic E-state index is 0.0779. The van der Waals surface area contributed by atoms with Crippen LogP contribution in [-0.4, -0.2) is 22.6 Å². The number of nitro benzene ring substituents is 1. The maximum absolute atomic E-state index is 11.4. The van der Waals surface area contributed by atoms with Gasteiger partial charge in [-0.15, -0.1) is 0 Å². The number of nitro groups is 1. The lowest BCUT2D eigenvalue weighted by Crippen LogP contribution is -2.37. The van der Waals surface area contributed by atoms with Crippen molar-refractivity contribution in [1.82, 2.24) is 0 Å². The summed E-state index contributed by atoms with van der Waals surface area (Å²) in [6.07, 6.45) is 1.89. The molecule has 21 heavy (non-hydrogen) atoms. The molecule has 0 heterocycles. The standard InChI is InChI=1S/C16H26N2O3/c1-5-14(6-2)17(10-12(3)4)15-8-7-13(11-19)9-16(15)18(20)21/h7-9,12,14,19H,5-6,10-11H2,1-4H3. The van der Waals surface area contributed by atoms with Crippen LogP contribution in [0.5, 0.6) is 0 Å². The highest BCUT2D eigenvalue weighted by Crippen LogP contribution is 2.32. The Morgan fingerprint density at radius 3 is 2.33 bits per heavy atom. The summed E-state index contributed by atoms with van der Waals surface area (Å²) in [5, 5.41) is 20.6. The van der Waals surface area contributed by atoms with Crippen molar-refractivity contribution in [3.8, 4) is 0 Å². The quantitative estimate of drug-likeness (QED) is 0.586. The van der Waals surface area contributed by atoms with E-state index < -0.39 is 0 Å². The third kappa shape index (κ3) is 4.43. The molecule has 0 amide bonds. The van der Waals surface area contributed by atoms with E-state index in [9.17, 15) is 15.2 Å². The molecule has 0 unspecified atom stereocenters. The van der Waals surface area contributed by atoms with Crippen molar-refractivity contribution >= 4 is 11.4 Å². The van der Waals surface area contributed by atoms with E-state index in [0.717, 1.165) is 19.4 Å². The molecule has 1 rings (SSSR count). The molecule has 5 nitrogen and oxygen atoms in total. The van der Waals surface area contributed by atoms with Crippen LogP contribution in [-0.2, 0) is 6.61 Å². The van der Waals surface area contributed by atoms with Crippen LogP contribution in [0.1, 0.15) is 46.1 Å². The van der Waals surface area contributed by atoms with Crippen molar-refractivity contribution in [2.24, 2.45) is 5.92 Å². The second kappa shape index (κ2) is 7.98. The highest BCUT2D eigenvalue weighted by molar-refractivity contribution is 5.65. The van der Waals surface area contributed by atoms with Crippen LogP contribution in [0.2, 0.25) is 0 Å². The van der Waals surface area contributed by atoms with Crippen LogP contribution in [0.3, 0.4) is 0 Å². The molecule has 0 saturated heterocycles. The SMILES string of the molecule is CCC(CC)N(CC(C)C)c1ccc(CO)cc1[N+](=O)[O-]. The van der Waals surface area contributed by atoms with Crippen LogP contribution in [0.15, 0.2) is 18.2 Å². The Bertz CT molecular complexity index is 471. The van der Waals surface area contributed by atoms with E-state index in [-0.39, 0.29) is 23.3 Å². The van der Waals surface area contributed by atoms with Crippen LogP contribution in [0, 0.1) is 16.0 Å². The molecule has 0 aliphatic carbocycles. The molecule has 0 radical (unpaired) electrons. The lowest BCUT2D eigenvalue weighted by atomic mass is 10.0. The topological polar surface area (TPSA) is 66.6 Å². The van der Waals surface area contributed by atoms with Gasteiger partial charge >= 0.3 is 0 Å². The third-order valence-corrected chi connectivity index (χ3v) is 3.67. The summed E-state index contributed by atoms with van der Waals surface area (Å²) >= 11 is 0. The normalized spacial score (nSPS) is 11.2. The number of benzene rings is 1. The Labute approximate surface area is 126 Å². The molecule has 5 heteroatoms. The number of anilines is 1. The predicted molar refractivity (Wildman–Crippen MR) is 85.6 cm³/mol. The zero-order valence-electron chi connectivity index (χ0n) is 13.4. The fourth-order valence-corrected chi connectivity index (χ4v) is 2.62. The van der Waals surface area contributed by atoms with Gasteiger partial charge in [-0.05, 0) is 30.4 Å². The van der Waals surface area contributed by atoms with Gasteiger partial charge in [0.05, 0.1) is 11.5 Å². The van der Waals surface area contributed by atoms with Gasteiger partial charge in [-0.3, -0.25) is 10.1 Å². The molecule has 1 N–H and O–H groups in total. The molecule has 0 spiro atoms. The van der Waals surface area contributed by atoms with E-state index in [4.69, 9.17) is 0 Å². The average molecular weight is 294 g/mol. The summed E-state index contributed by atoms with van der Waals surface area (Å²) < 4.78 is 0. The minimum Gasteiger partial charge on any atom is -0.392 e. The van der Waals surface area contributed by atoms with Gasteiger partial charge in [-0.25, -0.2) is 0 Å². The highest BCUT2D eigenvalue weighted by atomic mass is 16.6. The second-order valence-electron chi connectivity index (χ2n) is 5.75. The number of nitrogens with zero attached hydrogens (tertiary/aromatic N) is 2. The fourth-order valence-electron chi connectivity index (χ4n) is 2.62. The monoisotopic (exact) mass is 294 g/mol. The van der Waals surface area contributed by atoms with E-state index in [0.29, 0.717) is 17.2 Å². The van der Waals surface area contributed by atoms with Crippen molar-refractivity contribution < 1.29 is 10.0 Å². The van der Waals surface area contributed by atoms with Crippen LogP contribution < -0.4 is 4.90 Å². The van der Waals surface area contributed by atoms with Gasteiger partial charge in [0.15, 0.2) is 0 Å². The third-order valence-electron chi connectivity index (χ3n) is 3.67. The largest absolute Gasteiger partial charge is 0.392 e. The number of hydrogen-bond acceptors (Lipinski definition) is 4. The second-order valence-corrected chi connectivity index (χ2v) is 5.75. The molecule has 0 atom stereocenters. The van der Waals surface area contributed by atoms with E-state index in [2.05, 4.69) is 32.6 Å². The average Bonchev–Trinajstić information content (AvgIpc) is 2.46. The molecule has 0 aliphatic rings. The summed E-state index contributed by atoms with van der Waals surface area (Å²) in [6.45, 7) is 9.04. The molecular formula is C16H26N2O3. The van der Waals surface area contributed by atoms with Gasteiger partial charge in [0, 0.05) is 18.7 Å². The molecular weight excluding hydrogens is 268 g/mol. The van der Waals surface area contributed by atoms with Gasteiger partial charge in [-0.1, -0.05) is 33.8 Å². The van der Waals surface area contributed by atoms with E-state index in [1.807, 2.05) is 0 Å². The van der Waals surface area contributed by atoms with Gasteiger partial charge < -0.3 is 10.0 Å². The van der Waals surface area contributed by atoms with Gasteiger partial charge in [0.1, 0.15) is 5.69 Å². The van der Waals surface area contributed by atoms with Crippen LogP contribution in [0.4, 0.5) is 11.4 Å². The predicted octanol–water partition coefficient (Wildman–Crippen LogP) is 3.74. The van der Waals surface area contributed by atoms with Gasteiger partial charge in [0.25, 0.3) is 5.69 Å². The summed E-state index contributed by atoms with van der Waals surface area (Å²) in [6, 6.07) is 5.29. The molecule has 1 aromatic carbocycles. The van der Waals surface area contributed by atoms with Crippen molar-refractivity contribution in [2.45, 2.75) is 53.2 Å². The molecule has 0 bridgehead atoms. The number of aliphatic hydroxyl groups is 1. The Balaban J connectivity index is 3.31. The Kier molecular flexibility index (Phi) is 6.62. The lowest BCUT2D eigenvalue weighted by molar-refractivity contribution is -0.384. The number of hydrogen-bond donors (Lipinski definition) is 1. The molecule has 0 saturated carbocycles. The van der Waals surface area contributed by atoms with Crippen molar-refractivity contribution in [1.29, 1.82) is 0 Å². The summed E-state index contributed by atoms with van der Waals surface area (Å²) in [5.41, 5.74) is 1.30. The zero-order valence-corrected chi connectivity index (χ0v) is 13.4. The molecule has 1 aromatic rings. The summed E-state index contributed by atoms with van der Waals surface area (Å²) in [5.74, 6) is 0.419. The lowest BCUT2D eigenvalue weighted by Gasteiger charge is -2.33. The highest BCUT2D eigenvalue weighted by Gasteiger charge is 2.25. The van der Waals surface area contributed by atoms with Crippen LogP contribution in [0.25, 0.3) is 0 Å². The van der Waals surface area contributed by atoms with Gasteiger partial charge in [0.2, 0.25) is 0 Å². The van der Waals surface area contributed by atoms with E-state index in [1.165, 1.54) is 6.07 Å². The van der Waals surface area contributed by atoms with E-state index >= 15 is 0 Å². The first-order valence-electron chi connectivity index (χ1n) is 7.59. The number of aliphatic hydroxyl groups excluding tert-OH is 1. The Morgan fingerprint density at radius 1 is 1.29 bits per heavy atom. The first-order valence-corrected chi connectivity index (χ1v) is 7.59. The van der Waals surface area contributed by atoms with Crippen molar-refractivity contribution in [3.05, 3.63) is 33.9 Å². The molecule has 0 fully saturated rings. The Morgan fingerprint density at radius 2 is 1.90 bits per heavy atom. The number of rotatable bonds is 8. The summed E-state index contributed by atoms with van der Waals surface area (Å²) in [4.78, 5) is 13.2. The first kappa shape index (κ1) is 17.4. The minimum atomic E-state index is -0.357. The molecule has 0 aromatic heterocycles. The van der Waals surface area contributed by atoms with Crippen molar-refractivity contribution in [3.63, 3.8) is 0 Å². The van der Waals surface area contributed by atoms with Gasteiger partial charge in [-0.2, -0.15) is 0 Å². The summed E-state index contributed by atoms with van der Waals surface area (Å²) in [7, 11) is 0. The smallest absolute Gasteiger partial charge is 0.292 e. The Hall–Kier alpha value is -1.62. The maximum Gasteiger partial charge on any atom is 0.292 e. The molecule has 118 valence electrons.